The van der Waals surface area contributed by atoms with Crippen molar-refractivity contribution >= 4 is 40.6 Å². The van der Waals surface area contributed by atoms with Gasteiger partial charge in [-0.1, -0.05) is 18.2 Å². The highest BCUT2D eigenvalue weighted by molar-refractivity contribution is 8.00. The summed E-state index contributed by atoms with van der Waals surface area (Å²) in [5, 5.41) is 4.95. The molecule has 0 radical (unpaired) electrons. The highest BCUT2D eigenvalue weighted by atomic mass is 32.2. The average molecular weight is 350 g/mol. The summed E-state index contributed by atoms with van der Waals surface area (Å²) in [7, 11) is 1.99. The number of nitrogens with two attached hydrogens (primary N) is 1. The number of carbonyl (C=O) groups is 2. The van der Waals surface area contributed by atoms with E-state index < -0.39 is 0 Å². The number of anilines is 1. The van der Waals surface area contributed by atoms with E-state index >= 15 is 0 Å². The highest BCUT2D eigenvalue weighted by Gasteiger charge is 2.13. The van der Waals surface area contributed by atoms with E-state index in [-0.39, 0.29) is 17.6 Å². The van der Waals surface area contributed by atoms with Crippen LogP contribution in [0.1, 0.15) is 4.88 Å². The van der Waals surface area contributed by atoms with E-state index in [1.165, 1.54) is 16.6 Å². The van der Waals surface area contributed by atoms with Gasteiger partial charge in [-0.25, -0.2) is 0 Å². The number of quaternary nitrogens is 1. The number of thiophene rings is 1. The molecule has 1 unspecified atom stereocenters. The van der Waals surface area contributed by atoms with E-state index in [9.17, 15) is 9.59 Å². The van der Waals surface area contributed by atoms with Crippen LogP contribution in [-0.2, 0) is 16.1 Å². The Morgan fingerprint density at radius 2 is 2.04 bits per heavy atom. The number of nitrogens with one attached hydrogen (secondary N) is 2. The van der Waals surface area contributed by atoms with Crippen LogP contribution in [0.3, 0.4) is 0 Å². The third-order valence-electron chi connectivity index (χ3n) is 3.05. The zero-order valence-electron chi connectivity index (χ0n) is 12.9. The lowest BCUT2D eigenvalue weighted by atomic mass is 10.3. The van der Waals surface area contributed by atoms with E-state index in [0.29, 0.717) is 12.2 Å². The minimum absolute atomic E-state index is 0.0498. The molecule has 0 bridgehead atoms. The van der Waals surface area contributed by atoms with Crippen molar-refractivity contribution in [2.45, 2.75) is 11.4 Å². The van der Waals surface area contributed by atoms with Crippen molar-refractivity contribution in [1.82, 2.24) is 0 Å². The molecule has 0 saturated heterocycles. The lowest BCUT2D eigenvalue weighted by Crippen LogP contribution is -3.08. The first-order valence-electron chi connectivity index (χ1n) is 7.18. The van der Waals surface area contributed by atoms with E-state index in [2.05, 4.69) is 11.4 Å². The molecule has 1 aromatic heterocycles. The summed E-state index contributed by atoms with van der Waals surface area (Å²) in [4.78, 5) is 26.3. The molecule has 1 atom stereocenters. The summed E-state index contributed by atoms with van der Waals surface area (Å²) >= 11 is 3.02. The van der Waals surface area contributed by atoms with E-state index in [4.69, 9.17) is 5.73 Å². The standard InChI is InChI=1S/C16H19N3O2S2/c1-19(9-12-5-4-8-22-12)10-16(21)18-13-6-2-3-7-14(13)23-11-15(17)20/h2-8H,9-11H2,1H3,(H2,17,20)(H,18,21)/p+1. The van der Waals surface area contributed by atoms with Crippen molar-refractivity contribution in [1.29, 1.82) is 0 Å². The molecule has 0 aliphatic heterocycles. The molecule has 0 aliphatic rings. The SMILES string of the molecule is C[NH+](CC(=O)Nc1ccccc1SCC(N)=O)Cc1cccs1. The van der Waals surface area contributed by atoms with Gasteiger partial charge in [0.15, 0.2) is 6.54 Å². The molecule has 2 aromatic rings. The summed E-state index contributed by atoms with van der Waals surface area (Å²) in [6.45, 7) is 1.20. The minimum Gasteiger partial charge on any atom is -0.369 e. The van der Waals surface area contributed by atoms with Crippen LogP contribution in [0.5, 0.6) is 0 Å². The van der Waals surface area contributed by atoms with Gasteiger partial charge in [0, 0.05) is 4.90 Å². The molecule has 0 fully saturated rings. The first-order chi connectivity index (χ1) is 11.0. The predicted molar refractivity (Wildman–Crippen MR) is 94.8 cm³/mol. The number of hydrogen-bond acceptors (Lipinski definition) is 4. The molecule has 2 amide bonds. The molecule has 1 aromatic carbocycles. The molecule has 5 nitrogen and oxygen atoms in total. The summed E-state index contributed by atoms with van der Waals surface area (Å²) in [6.07, 6.45) is 0. The molecular weight excluding hydrogens is 330 g/mol. The second-order valence-electron chi connectivity index (χ2n) is 5.19. The van der Waals surface area contributed by atoms with Gasteiger partial charge in [0.2, 0.25) is 5.91 Å². The van der Waals surface area contributed by atoms with Crippen molar-refractivity contribution in [2.24, 2.45) is 5.73 Å². The van der Waals surface area contributed by atoms with Gasteiger partial charge in [-0.3, -0.25) is 9.59 Å². The van der Waals surface area contributed by atoms with Crippen molar-refractivity contribution in [3.8, 4) is 0 Å². The van der Waals surface area contributed by atoms with Crippen LogP contribution in [0.4, 0.5) is 5.69 Å². The Morgan fingerprint density at radius 1 is 1.26 bits per heavy atom. The number of benzene rings is 1. The third kappa shape index (κ3) is 6.05. The van der Waals surface area contributed by atoms with Gasteiger partial charge in [0.05, 0.1) is 23.4 Å². The number of para-hydroxylation sites is 1. The Labute approximate surface area is 143 Å². The van der Waals surface area contributed by atoms with Gasteiger partial charge < -0.3 is 16.0 Å². The zero-order chi connectivity index (χ0) is 16.7. The van der Waals surface area contributed by atoms with Crippen LogP contribution >= 0.6 is 23.1 Å². The topological polar surface area (TPSA) is 76.6 Å². The van der Waals surface area contributed by atoms with Crippen LogP contribution in [0.2, 0.25) is 0 Å². The maximum Gasteiger partial charge on any atom is 0.279 e. The zero-order valence-corrected chi connectivity index (χ0v) is 14.5. The second kappa shape index (κ2) is 8.71. The molecule has 0 saturated carbocycles. The summed E-state index contributed by atoms with van der Waals surface area (Å²) < 4.78 is 0. The van der Waals surface area contributed by atoms with Crippen molar-refractivity contribution < 1.29 is 14.5 Å². The molecule has 4 N–H and O–H groups in total. The molecule has 23 heavy (non-hydrogen) atoms. The van der Waals surface area contributed by atoms with Gasteiger partial charge >= 0.3 is 0 Å². The lowest BCUT2D eigenvalue weighted by Gasteiger charge is -2.14. The molecular formula is C16H20N3O2S2+. The average Bonchev–Trinajstić information content (AvgIpc) is 2.98. The number of thioether (sulfide) groups is 1. The van der Waals surface area contributed by atoms with Crippen LogP contribution < -0.4 is 16.0 Å². The Balaban J connectivity index is 1.90. The fourth-order valence-corrected chi connectivity index (χ4v) is 3.65. The molecule has 0 spiro atoms. The van der Waals surface area contributed by atoms with Crippen LogP contribution in [0.15, 0.2) is 46.7 Å². The van der Waals surface area contributed by atoms with Crippen molar-refractivity contribution in [3.63, 3.8) is 0 Å². The Morgan fingerprint density at radius 3 is 2.74 bits per heavy atom. The van der Waals surface area contributed by atoms with Gasteiger partial charge in [-0.05, 0) is 23.6 Å². The largest absolute Gasteiger partial charge is 0.369 e. The summed E-state index contributed by atoms with van der Waals surface area (Å²) in [6, 6.07) is 11.5. The number of hydrogen-bond donors (Lipinski definition) is 3. The van der Waals surface area contributed by atoms with Crippen LogP contribution in [0, 0.1) is 0 Å². The number of carbonyl (C=O) groups excluding carboxylic acids is 2. The summed E-state index contributed by atoms with van der Waals surface area (Å²) in [5.74, 6) is -0.237. The number of amides is 2. The quantitative estimate of drug-likeness (QED) is 0.621. The maximum absolute atomic E-state index is 12.2. The van der Waals surface area contributed by atoms with E-state index in [1.54, 1.807) is 11.3 Å². The van der Waals surface area contributed by atoms with Crippen LogP contribution in [0.25, 0.3) is 0 Å². The van der Waals surface area contributed by atoms with Crippen LogP contribution in [-0.4, -0.2) is 31.2 Å². The van der Waals surface area contributed by atoms with Gasteiger partial charge in [-0.15, -0.1) is 23.1 Å². The fraction of sp³-hybridized carbons (Fsp3) is 0.250. The first kappa shape index (κ1) is 17.5. The maximum atomic E-state index is 12.2. The smallest absolute Gasteiger partial charge is 0.279 e. The summed E-state index contributed by atoms with van der Waals surface area (Å²) in [5.41, 5.74) is 5.89. The highest BCUT2D eigenvalue weighted by Crippen LogP contribution is 2.26. The molecule has 7 heteroatoms. The molecule has 1 heterocycles. The molecule has 2 rings (SSSR count). The van der Waals surface area contributed by atoms with Crippen molar-refractivity contribution in [3.05, 3.63) is 46.7 Å². The Kier molecular flexibility index (Phi) is 6.64. The number of primary amides is 1. The monoisotopic (exact) mass is 350 g/mol. The molecule has 0 aliphatic carbocycles. The van der Waals surface area contributed by atoms with E-state index in [0.717, 1.165) is 16.3 Å². The lowest BCUT2D eigenvalue weighted by molar-refractivity contribution is -0.884. The molecule has 122 valence electrons. The minimum atomic E-state index is -0.378. The van der Waals surface area contributed by atoms with Crippen molar-refractivity contribution in [2.75, 3.05) is 24.7 Å². The predicted octanol–water partition coefficient (Wildman–Crippen LogP) is 0.979. The first-order valence-corrected chi connectivity index (χ1v) is 9.05. The van der Waals surface area contributed by atoms with E-state index in [1.807, 2.05) is 42.8 Å². The Bertz CT molecular complexity index is 659. The van der Waals surface area contributed by atoms with Gasteiger partial charge in [-0.2, -0.15) is 0 Å². The normalized spacial score (nSPS) is 11.9. The third-order valence-corrected chi connectivity index (χ3v) is 5.02. The Hall–Kier alpha value is -1.83. The number of rotatable bonds is 8. The number of likely N-dealkylation sites (N-methyl/N-ethyl adjacent to an activating group) is 1. The van der Waals surface area contributed by atoms with Gasteiger partial charge in [0.25, 0.3) is 5.91 Å². The van der Waals surface area contributed by atoms with Gasteiger partial charge in [0.1, 0.15) is 6.54 Å². The second-order valence-corrected chi connectivity index (χ2v) is 7.24. The fourth-order valence-electron chi connectivity index (χ4n) is 2.09.